The summed E-state index contributed by atoms with van der Waals surface area (Å²) in [5, 5.41) is 15.2. The third-order valence-electron chi connectivity index (χ3n) is 10.4. The third-order valence-corrected chi connectivity index (χ3v) is 10.4. The molecule has 9 heteroatoms. The van der Waals surface area contributed by atoms with Crippen molar-refractivity contribution in [3.63, 3.8) is 0 Å². The number of carboxylic acids is 1. The molecular weight excluding hydrogens is 666 g/mol. The molecule has 0 spiro atoms. The van der Waals surface area contributed by atoms with Crippen LogP contribution in [-0.2, 0) is 14.3 Å². The zero-order chi connectivity index (χ0) is 36.8. The molecule has 9 nitrogen and oxygen atoms in total. The van der Waals surface area contributed by atoms with Crippen molar-refractivity contribution in [1.29, 1.82) is 0 Å². The fraction of sp³-hybridized carbons (Fsp3) is 0.386. The lowest BCUT2D eigenvalue weighted by Gasteiger charge is -2.20. The maximum Gasteiger partial charge on any atom is 0.407 e. The highest BCUT2D eigenvalue weighted by atomic mass is 16.6. The van der Waals surface area contributed by atoms with E-state index in [0.717, 1.165) is 64.5 Å². The first-order valence-electron chi connectivity index (χ1n) is 19.1. The second-order valence-corrected chi connectivity index (χ2v) is 14.0. The average molecular weight is 718 g/mol. The van der Waals surface area contributed by atoms with E-state index in [1.165, 1.54) is 44.5 Å². The Morgan fingerprint density at radius 2 is 0.849 bits per heavy atom. The average Bonchev–Trinajstić information content (AvgIpc) is 3.67. The fourth-order valence-corrected chi connectivity index (χ4v) is 7.77. The smallest absolute Gasteiger partial charge is 0.407 e. The van der Waals surface area contributed by atoms with Crippen LogP contribution in [0.3, 0.4) is 0 Å². The molecule has 2 amide bonds. The van der Waals surface area contributed by atoms with Gasteiger partial charge in [-0.15, -0.1) is 0 Å². The van der Waals surface area contributed by atoms with E-state index in [9.17, 15) is 19.5 Å². The summed E-state index contributed by atoms with van der Waals surface area (Å²) >= 11 is 0. The van der Waals surface area contributed by atoms with Gasteiger partial charge in [0.25, 0.3) is 0 Å². The number of ether oxygens (including phenoxy) is 2. The second kappa shape index (κ2) is 19.1. The van der Waals surface area contributed by atoms with E-state index in [1.54, 1.807) is 0 Å². The third kappa shape index (κ3) is 10.0. The first kappa shape index (κ1) is 37.6. The number of nitrogens with zero attached hydrogens (tertiary/aromatic N) is 1. The largest absolute Gasteiger partial charge is 0.480 e. The molecule has 53 heavy (non-hydrogen) atoms. The predicted octanol–water partition coefficient (Wildman–Crippen LogP) is 8.57. The molecule has 2 aliphatic carbocycles. The molecule has 0 fully saturated rings. The normalized spacial score (nSPS) is 12.8. The van der Waals surface area contributed by atoms with Crippen molar-refractivity contribution in [2.75, 3.05) is 45.9 Å². The Hall–Kier alpha value is -5.15. The molecule has 3 N–H and O–H groups in total. The minimum atomic E-state index is -0.815. The molecule has 0 bridgehead atoms. The molecule has 4 aromatic carbocycles. The molecule has 0 radical (unpaired) electrons. The van der Waals surface area contributed by atoms with Crippen LogP contribution in [0.4, 0.5) is 9.59 Å². The van der Waals surface area contributed by atoms with E-state index < -0.39 is 18.2 Å². The monoisotopic (exact) mass is 717 g/mol. The van der Waals surface area contributed by atoms with Crippen LogP contribution in [0.2, 0.25) is 0 Å². The van der Waals surface area contributed by atoms with Gasteiger partial charge >= 0.3 is 18.2 Å². The fourth-order valence-electron chi connectivity index (χ4n) is 7.77. The standard InChI is InChI=1S/C44H51N3O6/c48-42(49)29-47(27-15-3-1-13-25-45-43(50)52-30-40-36-21-9-5-17-32(36)33-18-6-10-22-37(33)40)28-16-4-2-14-26-46-44(51)53-31-41-38-23-11-7-19-34(38)35-20-8-12-24-39(35)41/h5-12,17-24,40-41H,1-4,13-16,25-31H2,(H,45,50)(H,46,51)(H,48,49). The molecule has 2 aliphatic rings. The number of carbonyl (C=O) groups excluding carboxylic acids is 2. The van der Waals surface area contributed by atoms with Crippen LogP contribution in [0, 0.1) is 0 Å². The molecule has 0 aliphatic heterocycles. The number of nitrogens with one attached hydrogen (secondary N) is 2. The minimum Gasteiger partial charge on any atom is -0.480 e. The van der Waals surface area contributed by atoms with Crippen LogP contribution in [-0.4, -0.2) is 74.1 Å². The molecule has 278 valence electrons. The number of fused-ring (bicyclic) bond motifs is 6. The Bertz CT molecular complexity index is 1630. The Morgan fingerprint density at radius 1 is 0.509 bits per heavy atom. The zero-order valence-corrected chi connectivity index (χ0v) is 30.4. The first-order chi connectivity index (χ1) is 26.0. The number of rotatable bonds is 20. The summed E-state index contributed by atoms with van der Waals surface area (Å²) in [4.78, 5) is 38.3. The minimum absolute atomic E-state index is 0.0344. The van der Waals surface area contributed by atoms with Gasteiger partial charge in [-0.2, -0.15) is 0 Å². The Balaban J connectivity index is 0.784. The van der Waals surface area contributed by atoms with Crippen LogP contribution in [0.1, 0.15) is 85.5 Å². The number of alkyl carbamates (subject to hydrolysis) is 2. The van der Waals surface area contributed by atoms with Crippen LogP contribution < -0.4 is 10.6 Å². The van der Waals surface area contributed by atoms with Gasteiger partial charge in [0, 0.05) is 24.9 Å². The molecule has 0 saturated carbocycles. The van der Waals surface area contributed by atoms with E-state index in [4.69, 9.17) is 9.47 Å². The Kier molecular flexibility index (Phi) is 13.5. The summed E-state index contributed by atoms with van der Waals surface area (Å²) in [7, 11) is 0. The highest BCUT2D eigenvalue weighted by Crippen LogP contribution is 2.45. The summed E-state index contributed by atoms with van der Waals surface area (Å²) in [6.45, 7) is 3.20. The highest BCUT2D eigenvalue weighted by Gasteiger charge is 2.30. The number of carbonyl (C=O) groups is 3. The van der Waals surface area contributed by atoms with Gasteiger partial charge < -0.3 is 25.2 Å². The molecule has 0 saturated heterocycles. The maximum absolute atomic E-state index is 12.4. The number of carboxylic acid groups (broad SMARTS) is 1. The van der Waals surface area contributed by atoms with E-state index in [-0.39, 0.29) is 18.4 Å². The molecule has 0 aromatic heterocycles. The summed E-state index contributed by atoms with van der Waals surface area (Å²) < 4.78 is 11.2. The van der Waals surface area contributed by atoms with Crippen molar-refractivity contribution in [2.24, 2.45) is 0 Å². The van der Waals surface area contributed by atoms with Crippen LogP contribution in [0.5, 0.6) is 0 Å². The predicted molar refractivity (Wildman–Crippen MR) is 207 cm³/mol. The van der Waals surface area contributed by atoms with Gasteiger partial charge in [0.05, 0.1) is 6.54 Å². The topological polar surface area (TPSA) is 117 Å². The molecule has 0 heterocycles. The van der Waals surface area contributed by atoms with E-state index in [1.807, 2.05) is 53.4 Å². The van der Waals surface area contributed by atoms with Gasteiger partial charge in [0.2, 0.25) is 0 Å². The van der Waals surface area contributed by atoms with E-state index in [2.05, 4.69) is 59.2 Å². The SMILES string of the molecule is O=C(O)CN(CCCCCCNC(=O)OCC1c2ccccc2-c2ccccc21)CCCCCCNC(=O)OCC1c2ccccc2-c2ccccc21. The van der Waals surface area contributed by atoms with Crippen molar-refractivity contribution >= 4 is 18.2 Å². The Morgan fingerprint density at radius 3 is 1.21 bits per heavy atom. The van der Waals surface area contributed by atoms with E-state index in [0.29, 0.717) is 26.3 Å². The number of hydrogen-bond acceptors (Lipinski definition) is 6. The summed E-state index contributed by atoms with van der Waals surface area (Å²) in [5.74, 6) is -0.731. The van der Waals surface area contributed by atoms with Crippen molar-refractivity contribution in [2.45, 2.75) is 63.2 Å². The summed E-state index contributed by atoms with van der Waals surface area (Å²) in [6.07, 6.45) is 6.52. The van der Waals surface area contributed by atoms with Crippen molar-refractivity contribution in [1.82, 2.24) is 15.5 Å². The molecule has 0 unspecified atom stereocenters. The summed E-state index contributed by atoms with van der Waals surface area (Å²) in [5.41, 5.74) is 9.60. The van der Waals surface area contributed by atoms with Crippen molar-refractivity contribution < 1.29 is 29.0 Å². The second-order valence-electron chi connectivity index (χ2n) is 14.0. The van der Waals surface area contributed by atoms with Gasteiger partial charge in [0.15, 0.2) is 0 Å². The lowest BCUT2D eigenvalue weighted by atomic mass is 9.98. The molecule has 6 rings (SSSR count). The number of unbranched alkanes of at least 4 members (excludes halogenated alkanes) is 6. The molecule has 0 atom stereocenters. The Labute approximate surface area is 312 Å². The van der Waals surface area contributed by atoms with Crippen LogP contribution in [0.25, 0.3) is 22.3 Å². The first-order valence-corrected chi connectivity index (χ1v) is 19.1. The lowest BCUT2D eigenvalue weighted by molar-refractivity contribution is -0.138. The van der Waals surface area contributed by atoms with Crippen LogP contribution >= 0.6 is 0 Å². The zero-order valence-electron chi connectivity index (χ0n) is 30.4. The number of amides is 2. The van der Waals surface area contributed by atoms with Crippen molar-refractivity contribution in [3.8, 4) is 22.3 Å². The van der Waals surface area contributed by atoms with Gasteiger partial charge in [-0.05, 0) is 83.3 Å². The maximum atomic E-state index is 12.4. The lowest BCUT2D eigenvalue weighted by Crippen LogP contribution is -2.31. The highest BCUT2D eigenvalue weighted by molar-refractivity contribution is 5.80. The van der Waals surface area contributed by atoms with Crippen molar-refractivity contribution in [3.05, 3.63) is 119 Å². The van der Waals surface area contributed by atoms with E-state index >= 15 is 0 Å². The molecule has 4 aromatic rings. The van der Waals surface area contributed by atoms with Gasteiger partial charge in [0.1, 0.15) is 13.2 Å². The number of hydrogen-bond donors (Lipinski definition) is 3. The molecular formula is C44H51N3O6. The number of aliphatic carboxylic acids is 1. The number of benzene rings is 4. The van der Waals surface area contributed by atoms with Gasteiger partial charge in [-0.25, -0.2) is 9.59 Å². The van der Waals surface area contributed by atoms with Gasteiger partial charge in [-0.1, -0.05) is 123 Å². The van der Waals surface area contributed by atoms with Gasteiger partial charge in [-0.3, -0.25) is 9.69 Å². The van der Waals surface area contributed by atoms with Crippen LogP contribution in [0.15, 0.2) is 97.1 Å². The summed E-state index contributed by atoms with van der Waals surface area (Å²) in [6, 6.07) is 33.2. The quantitative estimate of drug-likeness (QED) is 0.0785.